The summed E-state index contributed by atoms with van der Waals surface area (Å²) in [6.45, 7) is 6.45. The first-order chi connectivity index (χ1) is 25.0. The van der Waals surface area contributed by atoms with Gasteiger partial charge in [-0.15, -0.1) is 0 Å². The Hall–Kier alpha value is -2.37. The average Bonchev–Trinajstić information content (AvgIpc) is 3.12. The van der Waals surface area contributed by atoms with Crippen LogP contribution in [0.2, 0.25) is 0 Å². The van der Waals surface area contributed by atoms with Crippen molar-refractivity contribution in [1.29, 1.82) is 0 Å². The van der Waals surface area contributed by atoms with Crippen molar-refractivity contribution in [3.05, 3.63) is 36.5 Å². The number of unbranched alkanes of at least 4 members (excludes halogenated alkanes) is 21. The first-order valence-electron chi connectivity index (χ1n) is 21.5. The molecule has 0 aliphatic heterocycles. The maximum Gasteiger partial charge on any atom is 0.306 e. The SMILES string of the molecule is CC/C=C\C/C=C\CCCCCCCC(=O)OCC(COC(=O)CCCCCCCCCCC)OC(=O)CCCCCCC/C=C\CCCCC. The van der Waals surface area contributed by atoms with Gasteiger partial charge >= 0.3 is 17.9 Å². The minimum Gasteiger partial charge on any atom is -0.462 e. The van der Waals surface area contributed by atoms with E-state index in [1.54, 1.807) is 0 Å². The Kier molecular flexibility index (Phi) is 38.5. The van der Waals surface area contributed by atoms with Crippen molar-refractivity contribution in [2.24, 2.45) is 0 Å². The van der Waals surface area contributed by atoms with Gasteiger partial charge in [-0.25, -0.2) is 0 Å². The summed E-state index contributed by atoms with van der Waals surface area (Å²) in [4.78, 5) is 37.6. The van der Waals surface area contributed by atoms with Crippen molar-refractivity contribution < 1.29 is 28.6 Å². The van der Waals surface area contributed by atoms with Crippen molar-refractivity contribution in [3.8, 4) is 0 Å². The molecule has 0 saturated carbocycles. The molecule has 0 radical (unpaired) electrons. The van der Waals surface area contributed by atoms with Crippen LogP contribution in [0, 0.1) is 0 Å². The fourth-order valence-electron chi connectivity index (χ4n) is 5.88. The second kappa shape index (κ2) is 40.4. The van der Waals surface area contributed by atoms with Crippen LogP contribution in [0.3, 0.4) is 0 Å². The van der Waals surface area contributed by atoms with Gasteiger partial charge in [-0.1, -0.05) is 160 Å². The van der Waals surface area contributed by atoms with Crippen molar-refractivity contribution in [2.75, 3.05) is 13.2 Å². The van der Waals surface area contributed by atoms with Gasteiger partial charge in [0.05, 0.1) is 0 Å². The molecule has 0 aromatic rings. The fraction of sp³-hybridized carbons (Fsp3) is 0.800. The van der Waals surface area contributed by atoms with E-state index in [-0.39, 0.29) is 31.1 Å². The van der Waals surface area contributed by atoms with Gasteiger partial charge < -0.3 is 14.2 Å². The first kappa shape index (κ1) is 48.6. The summed E-state index contributed by atoms with van der Waals surface area (Å²) in [5.41, 5.74) is 0. The lowest BCUT2D eigenvalue weighted by Gasteiger charge is -2.18. The van der Waals surface area contributed by atoms with Crippen molar-refractivity contribution in [1.82, 2.24) is 0 Å². The van der Waals surface area contributed by atoms with Crippen LogP contribution in [0.4, 0.5) is 0 Å². The third-order valence-electron chi connectivity index (χ3n) is 9.13. The van der Waals surface area contributed by atoms with E-state index in [4.69, 9.17) is 14.2 Å². The summed E-state index contributed by atoms with van der Waals surface area (Å²) in [6, 6.07) is 0. The highest BCUT2D eigenvalue weighted by Crippen LogP contribution is 2.13. The monoisotopic (exact) mass is 717 g/mol. The van der Waals surface area contributed by atoms with E-state index in [1.165, 1.54) is 77.0 Å². The van der Waals surface area contributed by atoms with Crippen molar-refractivity contribution >= 4 is 17.9 Å². The zero-order chi connectivity index (χ0) is 37.3. The molecule has 0 rings (SSSR count). The Labute approximate surface area is 315 Å². The molecule has 0 spiro atoms. The van der Waals surface area contributed by atoms with Crippen molar-refractivity contribution in [2.45, 2.75) is 219 Å². The lowest BCUT2D eigenvalue weighted by Crippen LogP contribution is -2.30. The van der Waals surface area contributed by atoms with Gasteiger partial charge in [0.15, 0.2) is 6.10 Å². The molecule has 0 bridgehead atoms. The van der Waals surface area contributed by atoms with Crippen LogP contribution in [0.1, 0.15) is 213 Å². The van der Waals surface area contributed by atoms with E-state index in [2.05, 4.69) is 57.2 Å². The number of ether oxygens (including phenoxy) is 3. The zero-order valence-electron chi connectivity index (χ0n) is 33.6. The van der Waals surface area contributed by atoms with Crippen LogP contribution >= 0.6 is 0 Å². The number of allylic oxidation sites excluding steroid dienone is 6. The van der Waals surface area contributed by atoms with Crippen LogP contribution in [0.15, 0.2) is 36.5 Å². The minimum absolute atomic E-state index is 0.0788. The maximum absolute atomic E-state index is 12.7. The molecule has 0 aromatic heterocycles. The second-order valence-electron chi connectivity index (χ2n) is 14.2. The Bertz CT molecular complexity index is 876. The van der Waals surface area contributed by atoms with Gasteiger partial charge in [0.25, 0.3) is 0 Å². The van der Waals surface area contributed by atoms with Gasteiger partial charge in [0.2, 0.25) is 0 Å². The van der Waals surface area contributed by atoms with E-state index < -0.39 is 6.10 Å². The summed E-state index contributed by atoms with van der Waals surface area (Å²) < 4.78 is 16.6. The van der Waals surface area contributed by atoms with Gasteiger partial charge in [-0.05, 0) is 70.6 Å². The Morgan fingerprint density at radius 1 is 0.412 bits per heavy atom. The lowest BCUT2D eigenvalue weighted by molar-refractivity contribution is -0.167. The topological polar surface area (TPSA) is 78.9 Å². The van der Waals surface area contributed by atoms with Gasteiger partial charge in [-0.2, -0.15) is 0 Å². The number of rotatable bonds is 38. The molecular weight excluding hydrogens is 636 g/mol. The molecule has 51 heavy (non-hydrogen) atoms. The predicted molar refractivity (Wildman–Crippen MR) is 215 cm³/mol. The van der Waals surface area contributed by atoms with Crippen LogP contribution in [0.5, 0.6) is 0 Å². The summed E-state index contributed by atoms with van der Waals surface area (Å²) in [6.07, 6.45) is 44.1. The molecule has 0 fully saturated rings. The maximum atomic E-state index is 12.7. The van der Waals surface area contributed by atoms with Crippen molar-refractivity contribution in [3.63, 3.8) is 0 Å². The number of hydrogen-bond acceptors (Lipinski definition) is 6. The molecule has 1 atom stereocenters. The molecule has 0 aromatic carbocycles. The van der Waals surface area contributed by atoms with Crippen LogP contribution in [-0.4, -0.2) is 37.2 Å². The first-order valence-corrected chi connectivity index (χ1v) is 21.5. The molecule has 6 heteroatoms. The standard InChI is InChI=1S/C45H80O6/c1-4-7-10-13-16-19-21-23-26-29-32-35-38-44(47)50-41-42(40-49-43(46)37-34-31-28-25-18-15-12-9-6-3)51-45(48)39-36-33-30-27-24-22-20-17-14-11-8-5-2/h7,10,16-17,19-20,42H,4-6,8-9,11-15,18,21-41H2,1-3H3/b10-7-,19-16-,20-17-. The average molecular weight is 717 g/mol. The fourth-order valence-corrected chi connectivity index (χ4v) is 5.88. The van der Waals surface area contributed by atoms with E-state index in [0.717, 1.165) is 96.3 Å². The highest BCUT2D eigenvalue weighted by atomic mass is 16.6. The van der Waals surface area contributed by atoms with Crippen LogP contribution in [-0.2, 0) is 28.6 Å². The molecular formula is C45H80O6. The number of hydrogen-bond donors (Lipinski definition) is 0. The molecule has 0 amide bonds. The van der Waals surface area contributed by atoms with E-state index in [0.29, 0.717) is 19.3 Å². The summed E-state index contributed by atoms with van der Waals surface area (Å²) in [5.74, 6) is -0.908. The molecule has 0 aliphatic carbocycles. The number of esters is 3. The molecule has 296 valence electrons. The Morgan fingerprint density at radius 2 is 0.765 bits per heavy atom. The minimum atomic E-state index is -0.775. The largest absolute Gasteiger partial charge is 0.462 e. The summed E-state index contributed by atoms with van der Waals surface area (Å²) in [5, 5.41) is 0. The lowest BCUT2D eigenvalue weighted by atomic mass is 10.1. The summed E-state index contributed by atoms with van der Waals surface area (Å²) in [7, 11) is 0. The third-order valence-corrected chi connectivity index (χ3v) is 9.13. The smallest absolute Gasteiger partial charge is 0.306 e. The zero-order valence-corrected chi connectivity index (χ0v) is 33.6. The normalized spacial score (nSPS) is 12.3. The van der Waals surface area contributed by atoms with Gasteiger partial charge in [0, 0.05) is 19.3 Å². The van der Waals surface area contributed by atoms with E-state index in [9.17, 15) is 14.4 Å². The quantitative estimate of drug-likeness (QED) is 0.0274. The highest BCUT2D eigenvalue weighted by Gasteiger charge is 2.19. The number of carbonyl (C=O) groups excluding carboxylic acids is 3. The summed E-state index contributed by atoms with van der Waals surface area (Å²) >= 11 is 0. The van der Waals surface area contributed by atoms with Gasteiger partial charge in [0.1, 0.15) is 13.2 Å². The van der Waals surface area contributed by atoms with E-state index in [1.807, 2.05) is 0 Å². The van der Waals surface area contributed by atoms with Gasteiger partial charge in [-0.3, -0.25) is 14.4 Å². The third kappa shape index (κ3) is 38.7. The van der Waals surface area contributed by atoms with Crippen LogP contribution in [0.25, 0.3) is 0 Å². The molecule has 1 unspecified atom stereocenters. The second-order valence-corrected chi connectivity index (χ2v) is 14.2. The molecule has 0 saturated heterocycles. The molecule has 0 N–H and O–H groups in total. The highest BCUT2D eigenvalue weighted by molar-refractivity contribution is 5.71. The molecule has 0 aliphatic rings. The molecule has 0 heterocycles. The number of carbonyl (C=O) groups is 3. The Balaban J connectivity index is 4.39. The predicted octanol–water partition coefficient (Wildman–Crippen LogP) is 13.4. The Morgan fingerprint density at radius 3 is 1.24 bits per heavy atom. The van der Waals surface area contributed by atoms with E-state index >= 15 is 0 Å². The van der Waals surface area contributed by atoms with Crippen LogP contribution < -0.4 is 0 Å². The molecule has 6 nitrogen and oxygen atoms in total.